The molecule has 0 aliphatic carbocycles. The maximum Gasteiger partial charge on any atom is 0.328 e. The first-order chi connectivity index (χ1) is 38.2. The van der Waals surface area contributed by atoms with Gasteiger partial charge in [0.05, 0.1) is 49.3 Å². The predicted octanol–water partition coefficient (Wildman–Crippen LogP) is 6.35. The molecule has 4 atom stereocenters. The lowest BCUT2D eigenvalue weighted by molar-refractivity contribution is -0.147. The number of morpholine rings is 2. The lowest BCUT2D eigenvalue weighted by Crippen LogP contribution is -2.42. The Labute approximate surface area is 484 Å². The zero-order valence-electron chi connectivity index (χ0n) is 42.0. The summed E-state index contributed by atoms with van der Waals surface area (Å²) >= 11 is 21.0. The topological polar surface area (TPSA) is 319 Å². The minimum Gasteiger partial charge on any atom is -0.481 e. The second kappa shape index (κ2) is 32.4. The quantitative estimate of drug-likeness (QED) is 0.0362. The summed E-state index contributed by atoms with van der Waals surface area (Å²) < 4.78 is 12.2. The number of aliphatic hydroxyl groups is 2. The fourth-order valence-electron chi connectivity index (χ4n) is 7.47. The van der Waals surface area contributed by atoms with Gasteiger partial charge in [0.1, 0.15) is 25.7 Å². The average Bonchev–Trinajstić information content (AvgIpc) is 4.30. The number of amides is 5. The number of thiophene rings is 3. The summed E-state index contributed by atoms with van der Waals surface area (Å²) in [6, 6.07) is 23.3. The second-order valence-corrected chi connectivity index (χ2v) is 22.3. The van der Waals surface area contributed by atoms with Gasteiger partial charge in [0.15, 0.2) is 6.29 Å². The minimum absolute atomic E-state index is 0.0559. The molecule has 8 N–H and O–H groups in total. The van der Waals surface area contributed by atoms with Crippen molar-refractivity contribution in [3.05, 3.63) is 125 Å². The van der Waals surface area contributed by atoms with Crippen LogP contribution in [0.5, 0.6) is 0 Å². The van der Waals surface area contributed by atoms with E-state index in [9.17, 15) is 53.4 Å². The van der Waals surface area contributed by atoms with Crippen LogP contribution in [0.25, 0.3) is 12.2 Å². The summed E-state index contributed by atoms with van der Waals surface area (Å²) in [6.07, 6.45) is 4.96. The minimum atomic E-state index is -1.31. The van der Waals surface area contributed by atoms with E-state index >= 15 is 0 Å². The number of nitrogens with one attached hydrogen (secondary N) is 3. The Bertz CT molecular complexity index is 2990. The first-order valence-electron chi connectivity index (χ1n) is 23.9. The van der Waals surface area contributed by atoms with Crippen LogP contribution in [0, 0.1) is 0 Å². The van der Waals surface area contributed by atoms with Gasteiger partial charge < -0.3 is 65.7 Å². The van der Waals surface area contributed by atoms with Crippen LogP contribution in [0.4, 0.5) is 22.7 Å². The molecule has 80 heavy (non-hydrogen) atoms. The van der Waals surface area contributed by atoms with E-state index in [0.717, 1.165) is 33.5 Å². The van der Waals surface area contributed by atoms with Crippen LogP contribution in [0.15, 0.2) is 97.1 Å². The Morgan fingerprint density at radius 2 is 1.09 bits per heavy atom. The van der Waals surface area contributed by atoms with Gasteiger partial charge in [0.2, 0.25) is 17.7 Å². The number of carbonyl (C=O) groups excluding carboxylic acids is 6. The molecule has 4 aliphatic heterocycles. The molecule has 28 heteroatoms. The molecule has 0 saturated carbocycles. The van der Waals surface area contributed by atoms with Crippen molar-refractivity contribution < 1.29 is 78.2 Å². The van der Waals surface area contributed by atoms with Gasteiger partial charge in [-0.3, -0.25) is 38.4 Å². The van der Waals surface area contributed by atoms with E-state index in [-0.39, 0.29) is 61.8 Å². The number of carboxylic acids is 3. The summed E-state index contributed by atoms with van der Waals surface area (Å²) in [6.45, 7) is 2.71. The first-order valence-corrected chi connectivity index (χ1v) is 27.5. The summed E-state index contributed by atoms with van der Waals surface area (Å²) in [5.74, 6) is -4.64. The molecule has 4 aliphatic rings. The Morgan fingerprint density at radius 3 is 1.46 bits per heavy atom. The van der Waals surface area contributed by atoms with Gasteiger partial charge in [-0.25, -0.2) is 4.79 Å². The van der Waals surface area contributed by atoms with E-state index in [2.05, 4.69) is 16.0 Å². The molecular weight excluding hydrogens is 1170 g/mol. The number of anilines is 4. The number of aldehydes is 1. The first kappa shape index (κ1) is 63.9. The summed E-state index contributed by atoms with van der Waals surface area (Å²) in [4.78, 5) is 107. The number of rotatable bonds is 13. The van der Waals surface area contributed by atoms with Crippen LogP contribution in [0.1, 0.15) is 38.7 Å². The van der Waals surface area contributed by atoms with Crippen LogP contribution < -0.4 is 25.8 Å². The Kier molecular flexibility index (Phi) is 25.9. The monoisotopic (exact) mass is 1220 g/mol. The van der Waals surface area contributed by atoms with Crippen molar-refractivity contribution >= 4 is 157 Å². The third-order valence-corrected chi connectivity index (χ3v) is 14.7. The van der Waals surface area contributed by atoms with Crippen LogP contribution >= 0.6 is 68.8 Å². The number of aliphatic hydroxyl groups excluding tert-OH is 2. The molecule has 0 radical (unpaired) electrons. The van der Waals surface area contributed by atoms with Crippen molar-refractivity contribution in [2.24, 2.45) is 0 Å². The van der Waals surface area contributed by atoms with Gasteiger partial charge in [-0.05, 0) is 104 Å². The SMILES string of the molecule is O=C(Nc1ccc(N2CCOCC2=O)cc1)[C@H]1C[C@@H](O)CN1.O=C(Nc1ccc(N2CCOCC2=O)cc1)[C@H]1C[C@@H](O)CN1C(=O)/C=C/c1ccc(Cl)s1.O=C(O)/C=C/c1ccc(Cl)s1.O=C(O)CC(=O)O.O=Cc1ccc(Cl)s1. The van der Waals surface area contributed by atoms with E-state index in [1.165, 1.54) is 51.1 Å². The molecule has 0 bridgehead atoms. The van der Waals surface area contributed by atoms with E-state index in [1.54, 1.807) is 101 Å². The van der Waals surface area contributed by atoms with E-state index in [4.69, 9.17) is 59.6 Å². The molecule has 9 rings (SSSR count). The van der Waals surface area contributed by atoms with Crippen molar-refractivity contribution in [2.75, 3.05) is 73.0 Å². The number of hydrogen-bond donors (Lipinski definition) is 8. The fraction of sp³-hybridized carbons (Fsp3) is 0.288. The van der Waals surface area contributed by atoms with Gasteiger partial charge in [-0.15, -0.1) is 34.0 Å². The molecule has 4 fully saturated rings. The molecule has 0 spiro atoms. The van der Waals surface area contributed by atoms with Crippen LogP contribution in [0.3, 0.4) is 0 Å². The van der Waals surface area contributed by atoms with Crippen LogP contribution in [-0.2, 0) is 47.8 Å². The summed E-state index contributed by atoms with van der Waals surface area (Å²) in [5, 5.41) is 51.7. The molecular formula is C52H53Cl3N6O16S3. The highest BCUT2D eigenvalue weighted by atomic mass is 35.5. The molecule has 0 unspecified atom stereocenters. The number of ether oxygens (including phenoxy) is 2. The summed E-state index contributed by atoms with van der Waals surface area (Å²) in [5.41, 5.74) is 2.72. The lowest BCUT2D eigenvalue weighted by Gasteiger charge is -2.27. The maximum atomic E-state index is 12.9. The smallest absolute Gasteiger partial charge is 0.328 e. The average molecular weight is 1220 g/mol. The second-order valence-electron chi connectivity index (χ2n) is 17.0. The number of hydrogen-bond acceptors (Lipinski definition) is 17. The van der Waals surface area contributed by atoms with E-state index in [1.807, 2.05) is 0 Å². The molecule has 3 aromatic heterocycles. The molecule has 4 saturated heterocycles. The Balaban J connectivity index is 0.000000209. The normalized spacial score (nSPS) is 18.6. The van der Waals surface area contributed by atoms with Crippen molar-refractivity contribution in [3.63, 3.8) is 0 Å². The zero-order valence-corrected chi connectivity index (χ0v) is 46.7. The van der Waals surface area contributed by atoms with Gasteiger partial charge in [-0.2, -0.15) is 0 Å². The largest absolute Gasteiger partial charge is 0.481 e. The van der Waals surface area contributed by atoms with E-state index in [0.29, 0.717) is 68.5 Å². The summed E-state index contributed by atoms with van der Waals surface area (Å²) in [7, 11) is 0. The molecule has 22 nitrogen and oxygen atoms in total. The zero-order chi connectivity index (χ0) is 58.3. The highest BCUT2D eigenvalue weighted by Gasteiger charge is 2.38. The number of carbonyl (C=O) groups is 9. The van der Waals surface area contributed by atoms with Gasteiger partial charge in [-0.1, -0.05) is 34.8 Å². The third-order valence-electron chi connectivity index (χ3n) is 11.1. The molecule has 7 heterocycles. The molecule has 426 valence electrons. The van der Waals surface area contributed by atoms with Crippen molar-refractivity contribution in [1.82, 2.24) is 10.2 Å². The van der Waals surface area contributed by atoms with Gasteiger partial charge in [0.25, 0.3) is 11.8 Å². The molecule has 5 aromatic rings. The number of β-amino-alcohol motifs (C(OH)–C–C–N with tert-alkyl or cyclic N) is 2. The number of nitrogens with zero attached hydrogens (tertiary/aromatic N) is 3. The van der Waals surface area contributed by atoms with Crippen LogP contribution in [0.2, 0.25) is 13.0 Å². The Morgan fingerprint density at radius 1 is 0.625 bits per heavy atom. The standard InChI is InChI=1S/C22H22ClN3O5S.C15H19N3O4.C7H5ClO2S.C5H3ClOS.C3H4O4/c23-19-7-5-17(32-19)6-8-20(28)26-12-16(27)11-18(26)22(30)24-14-1-3-15(4-2-14)25-9-10-31-13-21(25)29;19-12-7-13(16-8-12)15(21)17-10-1-3-11(4-2-10)18-5-6-22-9-14(18)20;8-6-3-1-5(11-6)2-4-7(9)10;6-5-2-1-4(3-7)8-5;4-2(5)1-3(6)7/h1-8,16,18,27H,9-13H2,(H,24,30);1-4,12-13,16,19H,5-9H2,(H,17,21);1-4H,(H,9,10);1-3H;1H2,(H,4,5)(H,6,7)/b8-6+;;4-2+;;/t16-,18-;12-,13-;;;/m11.../s1. The molecule has 5 amide bonds. The van der Waals surface area contributed by atoms with E-state index < -0.39 is 42.6 Å². The van der Waals surface area contributed by atoms with Crippen molar-refractivity contribution in [1.29, 1.82) is 0 Å². The predicted molar refractivity (Wildman–Crippen MR) is 304 cm³/mol. The highest BCUT2D eigenvalue weighted by molar-refractivity contribution is 7.18. The van der Waals surface area contributed by atoms with Gasteiger partial charge in [0, 0.05) is 77.3 Å². The fourth-order valence-corrected chi connectivity index (χ4v) is 10.3. The molecule has 2 aromatic carbocycles. The van der Waals surface area contributed by atoms with Crippen LogP contribution in [-0.4, -0.2) is 161 Å². The number of likely N-dealkylation sites (tertiary alicyclic amines) is 1. The maximum absolute atomic E-state index is 12.9. The van der Waals surface area contributed by atoms with Gasteiger partial charge >= 0.3 is 17.9 Å². The Hall–Kier alpha value is -6.88. The number of carboxylic acid groups (broad SMARTS) is 3. The number of benzene rings is 2. The third kappa shape index (κ3) is 21.6. The number of halogens is 3. The van der Waals surface area contributed by atoms with Crippen molar-refractivity contribution in [3.8, 4) is 0 Å². The number of aliphatic carboxylic acids is 3. The lowest BCUT2D eigenvalue weighted by atomic mass is 10.1. The van der Waals surface area contributed by atoms with Crippen molar-refractivity contribution in [2.45, 2.75) is 43.6 Å². The highest BCUT2D eigenvalue weighted by Crippen LogP contribution is 2.27.